The first kappa shape index (κ1) is 9.63. The van der Waals surface area contributed by atoms with Gasteiger partial charge in [0.2, 0.25) is 11.8 Å². The molecule has 6 heteroatoms. The van der Waals surface area contributed by atoms with Crippen molar-refractivity contribution in [3.05, 3.63) is 11.8 Å². The van der Waals surface area contributed by atoms with E-state index in [0.717, 1.165) is 0 Å². The molecule has 0 saturated heterocycles. The molecule has 0 radical (unpaired) electrons. The van der Waals surface area contributed by atoms with Crippen LogP contribution in [-0.4, -0.2) is 23.0 Å². The third-order valence-corrected chi connectivity index (χ3v) is 1.21. The summed E-state index contributed by atoms with van der Waals surface area (Å²) in [6.45, 7) is 0.989. The number of hydrogen-bond donors (Lipinski definition) is 1. The van der Waals surface area contributed by atoms with Gasteiger partial charge in [0.15, 0.2) is 6.61 Å². The number of anilines is 1. The molecular weight excluding hydrogens is 180 g/mol. The Morgan fingerprint density at radius 2 is 2.23 bits per heavy atom. The second kappa shape index (κ2) is 3.97. The van der Waals surface area contributed by atoms with Gasteiger partial charge in [-0.3, -0.25) is 0 Å². The van der Waals surface area contributed by atoms with E-state index >= 15 is 0 Å². The highest BCUT2D eigenvalue weighted by atomic mass is 19.3. The molecule has 2 N–H and O–H groups in total. The maximum absolute atomic E-state index is 11.7. The number of nitrogens with two attached hydrogens (primary N) is 1. The van der Waals surface area contributed by atoms with E-state index in [9.17, 15) is 8.78 Å². The van der Waals surface area contributed by atoms with Crippen molar-refractivity contribution in [1.82, 2.24) is 9.97 Å². The van der Waals surface area contributed by atoms with Gasteiger partial charge in [-0.05, 0) is 6.92 Å². The summed E-state index contributed by atoms with van der Waals surface area (Å²) in [4.78, 5) is 7.38. The van der Waals surface area contributed by atoms with Crippen molar-refractivity contribution in [2.75, 3.05) is 12.3 Å². The van der Waals surface area contributed by atoms with Crippen LogP contribution in [-0.2, 0) is 0 Å². The molecule has 1 heterocycles. The molecule has 0 spiro atoms. The van der Waals surface area contributed by atoms with E-state index < -0.39 is 13.0 Å². The van der Waals surface area contributed by atoms with Crippen LogP contribution in [0, 0.1) is 6.92 Å². The van der Waals surface area contributed by atoms with E-state index in [4.69, 9.17) is 5.73 Å². The summed E-state index contributed by atoms with van der Waals surface area (Å²) in [5.74, 6) is 0.0922. The van der Waals surface area contributed by atoms with Crippen molar-refractivity contribution in [2.24, 2.45) is 0 Å². The van der Waals surface area contributed by atoms with Crippen LogP contribution >= 0.6 is 0 Å². The molecule has 0 aliphatic carbocycles. The van der Waals surface area contributed by atoms with Crippen molar-refractivity contribution in [3.63, 3.8) is 0 Å². The molecule has 0 aliphatic heterocycles. The molecule has 0 atom stereocenters. The fourth-order valence-corrected chi connectivity index (χ4v) is 0.784. The SMILES string of the molecule is Cc1cc(OCC(F)F)nc(N)n1. The Morgan fingerprint density at radius 3 is 2.77 bits per heavy atom. The average Bonchev–Trinajstić information content (AvgIpc) is 1.99. The molecule has 0 saturated carbocycles. The lowest BCUT2D eigenvalue weighted by Gasteiger charge is -2.04. The number of nitrogen functional groups attached to an aromatic ring is 1. The number of halogens is 2. The Bertz CT molecular complexity index is 273. The Balaban J connectivity index is 2.66. The molecule has 0 fully saturated rings. The highest BCUT2D eigenvalue weighted by molar-refractivity contribution is 5.25. The second-order valence-electron chi connectivity index (χ2n) is 2.41. The number of rotatable bonds is 3. The van der Waals surface area contributed by atoms with Crippen LogP contribution in [0.5, 0.6) is 5.88 Å². The minimum atomic E-state index is -2.52. The minimum absolute atomic E-state index is 0.0178. The van der Waals surface area contributed by atoms with Crippen molar-refractivity contribution in [2.45, 2.75) is 13.3 Å². The summed E-state index contributed by atoms with van der Waals surface area (Å²) >= 11 is 0. The first-order chi connectivity index (χ1) is 6.08. The average molecular weight is 189 g/mol. The summed E-state index contributed by atoms with van der Waals surface area (Å²) in [6.07, 6.45) is -2.52. The van der Waals surface area contributed by atoms with Gasteiger partial charge in [0, 0.05) is 11.8 Å². The van der Waals surface area contributed by atoms with Crippen LogP contribution in [0.25, 0.3) is 0 Å². The third-order valence-electron chi connectivity index (χ3n) is 1.21. The molecule has 0 aliphatic rings. The van der Waals surface area contributed by atoms with Crippen LogP contribution in [0.2, 0.25) is 0 Å². The van der Waals surface area contributed by atoms with Gasteiger partial charge in [-0.1, -0.05) is 0 Å². The zero-order valence-electron chi connectivity index (χ0n) is 7.00. The van der Waals surface area contributed by atoms with Gasteiger partial charge in [0.25, 0.3) is 6.43 Å². The lowest BCUT2D eigenvalue weighted by atomic mass is 10.4. The Morgan fingerprint density at radius 1 is 1.54 bits per heavy atom. The van der Waals surface area contributed by atoms with Gasteiger partial charge in [-0.2, -0.15) is 4.98 Å². The molecule has 1 aromatic rings. The molecule has 72 valence electrons. The number of nitrogens with zero attached hydrogens (tertiary/aromatic N) is 2. The van der Waals surface area contributed by atoms with E-state index in [2.05, 4.69) is 14.7 Å². The Kier molecular flexibility index (Phi) is 2.94. The smallest absolute Gasteiger partial charge is 0.272 e. The normalized spacial score (nSPS) is 10.5. The topological polar surface area (TPSA) is 61.0 Å². The van der Waals surface area contributed by atoms with Crippen molar-refractivity contribution in [1.29, 1.82) is 0 Å². The summed E-state index contributed by atoms with van der Waals surface area (Å²) in [6, 6.07) is 1.44. The maximum atomic E-state index is 11.7. The zero-order chi connectivity index (χ0) is 9.84. The van der Waals surface area contributed by atoms with E-state index in [0.29, 0.717) is 5.69 Å². The highest BCUT2D eigenvalue weighted by Crippen LogP contribution is 2.10. The lowest BCUT2D eigenvalue weighted by molar-refractivity contribution is 0.0795. The lowest BCUT2D eigenvalue weighted by Crippen LogP contribution is -2.09. The van der Waals surface area contributed by atoms with Crippen molar-refractivity contribution in [3.8, 4) is 5.88 Å². The van der Waals surface area contributed by atoms with E-state index in [1.54, 1.807) is 6.92 Å². The van der Waals surface area contributed by atoms with Gasteiger partial charge in [-0.15, -0.1) is 0 Å². The minimum Gasteiger partial charge on any atom is -0.471 e. The zero-order valence-corrected chi connectivity index (χ0v) is 7.00. The quantitative estimate of drug-likeness (QED) is 0.770. The third kappa shape index (κ3) is 3.18. The summed E-state index contributed by atoms with van der Waals surface area (Å²) < 4.78 is 28.1. The van der Waals surface area contributed by atoms with Gasteiger partial charge in [0.05, 0.1) is 0 Å². The Labute approximate surface area is 73.8 Å². The summed E-state index contributed by atoms with van der Waals surface area (Å²) in [5, 5.41) is 0. The molecule has 0 bridgehead atoms. The molecule has 13 heavy (non-hydrogen) atoms. The van der Waals surface area contributed by atoms with Crippen LogP contribution < -0.4 is 10.5 Å². The Hall–Kier alpha value is -1.46. The maximum Gasteiger partial charge on any atom is 0.272 e. The molecule has 0 amide bonds. The summed E-state index contributed by atoms with van der Waals surface area (Å²) in [5.41, 5.74) is 5.86. The molecule has 1 aromatic heterocycles. The van der Waals surface area contributed by atoms with Crippen molar-refractivity contribution >= 4 is 5.95 Å². The molecule has 0 aromatic carbocycles. The first-order valence-electron chi connectivity index (χ1n) is 3.60. The molecule has 0 unspecified atom stereocenters. The fourth-order valence-electron chi connectivity index (χ4n) is 0.784. The van der Waals surface area contributed by atoms with Crippen molar-refractivity contribution < 1.29 is 13.5 Å². The standard InChI is InChI=1S/C7H9F2N3O/c1-4-2-6(12-7(10)11-4)13-3-5(8)9/h2,5H,3H2,1H3,(H2,10,11,12). The number of alkyl halides is 2. The van der Waals surface area contributed by atoms with E-state index in [-0.39, 0.29) is 11.8 Å². The number of hydrogen-bond acceptors (Lipinski definition) is 4. The first-order valence-corrected chi connectivity index (χ1v) is 3.60. The van der Waals surface area contributed by atoms with Crippen LogP contribution in [0.15, 0.2) is 6.07 Å². The van der Waals surface area contributed by atoms with Crippen LogP contribution in [0.1, 0.15) is 5.69 Å². The van der Waals surface area contributed by atoms with Crippen LogP contribution in [0.4, 0.5) is 14.7 Å². The van der Waals surface area contributed by atoms with E-state index in [1.807, 2.05) is 0 Å². The molecule has 1 rings (SSSR count). The van der Waals surface area contributed by atoms with Gasteiger partial charge in [-0.25, -0.2) is 13.8 Å². The molecule has 4 nitrogen and oxygen atoms in total. The fraction of sp³-hybridized carbons (Fsp3) is 0.429. The number of aryl methyl sites for hydroxylation is 1. The number of ether oxygens (including phenoxy) is 1. The predicted octanol–water partition coefficient (Wildman–Crippen LogP) is 1.01. The largest absolute Gasteiger partial charge is 0.471 e. The van der Waals surface area contributed by atoms with E-state index in [1.165, 1.54) is 6.07 Å². The highest BCUT2D eigenvalue weighted by Gasteiger charge is 2.05. The van der Waals surface area contributed by atoms with Gasteiger partial charge >= 0.3 is 0 Å². The van der Waals surface area contributed by atoms with Crippen LogP contribution in [0.3, 0.4) is 0 Å². The van der Waals surface area contributed by atoms with Gasteiger partial charge in [0.1, 0.15) is 0 Å². The van der Waals surface area contributed by atoms with Gasteiger partial charge < -0.3 is 10.5 Å². The predicted molar refractivity (Wildman–Crippen MR) is 42.7 cm³/mol. The number of aromatic nitrogens is 2. The monoisotopic (exact) mass is 189 g/mol. The molecular formula is C7H9F2N3O. The summed E-state index contributed by atoms with van der Waals surface area (Å²) in [7, 11) is 0. The second-order valence-corrected chi connectivity index (χ2v) is 2.41.